The zero-order valence-electron chi connectivity index (χ0n) is 8.85. The fraction of sp³-hybridized carbons (Fsp3) is 0.700. The zero-order chi connectivity index (χ0) is 10.7. The lowest BCUT2D eigenvalue weighted by atomic mass is 10.1. The number of amides is 1. The van der Waals surface area contributed by atoms with Crippen molar-refractivity contribution in [3.63, 3.8) is 0 Å². The van der Waals surface area contributed by atoms with Gasteiger partial charge < -0.3 is 4.90 Å². The Hall–Kier alpha value is -0.970. The molecule has 1 saturated carbocycles. The van der Waals surface area contributed by atoms with Crippen molar-refractivity contribution in [1.29, 1.82) is 0 Å². The molecule has 1 aromatic heterocycles. The highest BCUT2D eigenvalue weighted by Crippen LogP contribution is 2.25. The van der Waals surface area contributed by atoms with E-state index in [0.29, 0.717) is 10.8 Å². The molecule has 15 heavy (non-hydrogen) atoms. The lowest BCUT2D eigenvalue weighted by Gasteiger charge is -2.19. The quantitative estimate of drug-likeness (QED) is 0.788. The van der Waals surface area contributed by atoms with E-state index in [9.17, 15) is 4.79 Å². The van der Waals surface area contributed by atoms with Gasteiger partial charge in [0.05, 0.1) is 6.20 Å². The normalized spacial score (nSPS) is 16.9. The lowest BCUT2D eigenvalue weighted by Crippen LogP contribution is -2.30. The van der Waals surface area contributed by atoms with Gasteiger partial charge in [0.25, 0.3) is 5.91 Å². The van der Waals surface area contributed by atoms with E-state index in [4.69, 9.17) is 0 Å². The molecular formula is C10H15N3OS. The molecule has 0 aromatic carbocycles. The molecule has 0 spiro atoms. The van der Waals surface area contributed by atoms with Crippen LogP contribution in [-0.2, 0) is 0 Å². The van der Waals surface area contributed by atoms with Crippen LogP contribution in [0.15, 0.2) is 6.20 Å². The summed E-state index contributed by atoms with van der Waals surface area (Å²) in [4.78, 5) is 14.3. The molecule has 1 amide bonds. The van der Waals surface area contributed by atoms with Crippen LogP contribution < -0.4 is 0 Å². The van der Waals surface area contributed by atoms with Crippen LogP contribution in [0.25, 0.3) is 0 Å². The molecule has 2 rings (SSSR count). The van der Waals surface area contributed by atoms with E-state index in [2.05, 4.69) is 9.59 Å². The Morgan fingerprint density at radius 1 is 1.60 bits per heavy atom. The van der Waals surface area contributed by atoms with Crippen LogP contribution in [0, 0.1) is 5.92 Å². The fourth-order valence-corrected chi connectivity index (χ4v) is 2.62. The van der Waals surface area contributed by atoms with Crippen molar-refractivity contribution in [3.8, 4) is 0 Å². The molecule has 0 N–H and O–H groups in total. The Bertz CT molecular complexity index is 319. The molecule has 1 heterocycles. The van der Waals surface area contributed by atoms with E-state index < -0.39 is 0 Å². The van der Waals surface area contributed by atoms with Crippen LogP contribution in [0.1, 0.15) is 35.4 Å². The van der Waals surface area contributed by atoms with Gasteiger partial charge >= 0.3 is 0 Å². The maximum atomic E-state index is 11.8. The van der Waals surface area contributed by atoms with Crippen LogP contribution in [-0.4, -0.2) is 34.0 Å². The summed E-state index contributed by atoms with van der Waals surface area (Å²) >= 11 is 1.16. The average molecular weight is 225 g/mol. The Balaban J connectivity index is 1.90. The molecule has 1 aromatic rings. The smallest absolute Gasteiger partial charge is 0.266 e. The number of hydrogen-bond donors (Lipinski definition) is 0. The third-order valence-electron chi connectivity index (χ3n) is 2.93. The van der Waals surface area contributed by atoms with E-state index in [1.54, 1.807) is 4.90 Å². The molecule has 0 unspecified atom stereocenters. The van der Waals surface area contributed by atoms with Crippen molar-refractivity contribution in [1.82, 2.24) is 14.5 Å². The minimum absolute atomic E-state index is 0.0527. The van der Waals surface area contributed by atoms with Crippen LogP contribution >= 0.6 is 11.5 Å². The highest BCUT2D eigenvalue weighted by molar-refractivity contribution is 7.07. The van der Waals surface area contributed by atoms with Crippen molar-refractivity contribution < 1.29 is 4.79 Å². The lowest BCUT2D eigenvalue weighted by molar-refractivity contribution is 0.0778. The maximum Gasteiger partial charge on any atom is 0.266 e. The van der Waals surface area contributed by atoms with Gasteiger partial charge in [-0.1, -0.05) is 17.3 Å². The van der Waals surface area contributed by atoms with Crippen molar-refractivity contribution in [2.45, 2.75) is 25.7 Å². The second kappa shape index (κ2) is 4.70. The van der Waals surface area contributed by atoms with Crippen LogP contribution in [0.5, 0.6) is 0 Å². The number of carbonyl (C=O) groups excluding carboxylic acids is 1. The molecule has 1 aliphatic rings. The molecule has 1 fully saturated rings. The van der Waals surface area contributed by atoms with E-state index in [1.807, 2.05) is 7.05 Å². The number of nitrogens with zero attached hydrogens (tertiary/aromatic N) is 3. The summed E-state index contributed by atoms with van der Waals surface area (Å²) in [6, 6.07) is 0. The Labute approximate surface area is 93.5 Å². The monoisotopic (exact) mass is 225 g/mol. The van der Waals surface area contributed by atoms with Crippen molar-refractivity contribution in [2.75, 3.05) is 13.6 Å². The highest BCUT2D eigenvalue weighted by atomic mass is 32.1. The third-order valence-corrected chi connectivity index (χ3v) is 3.58. The molecule has 0 radical (unpaired) electrons. The maximum absolute atomic E-state index is 11.8. The summed E-state index contributed by atoms with van der Waals surface area (Å²) in [5, 5.41) is 3.68. The van der Waals surface area contributed by atoms with Gasteiger partial charge in [-0.15, -0.1) is 5.10 Å². The molecule has 82 valence electrons. The van der Waals surface area contributed by atoms with Crippen LogP contribution in [0.2, 0.25) is 0 Å². The molecule has 4 nitrogen and oxygen atoms in total. The molecular weight excluding hydrogens is 210 g/mol. The van der Waals surface area contributed by atoms with Crippen LogP contribution in [0.4, 0.5) is 0 Å². The van der Waals surface area contributed by atoms with Crippen molar-refractivity contribution in [2.24, 2.45) is 5.92 Å². The number of carbonyl (C=O) groups is 1. The van der Waals surface area contributed by atoms with Crippen LogP contribution in [0.3, 0.4) is 0 Å². The first kappa shape index (κ1) is 10.5. The number of aromatic nitrogens is 2. The summed E-state index contributed by atoms with van der Waals surface area (Å²) in [5.74, 6) is 0.747. The van der Waals surface area contributed by atoms with E-state index in [-0.39, 0.29) is 5.91 Å². The summed E-state index contributed by atoms with van der Waals surface area (Å²) < 4.78 is 3.70. The molecule has 0 saturated heterocycles. The van der Waals surface area contributed by atoms with E-state index >= 15 is 0 Å². The predicted octanol–water partition coefficient (Wildman–Crippen LogP) is 1.80. The van der Waals surface area contributed by atoms with Gasteiger partial charge in [-0.05, 0) is 30.3 Å². The van der Waals surface area contributed by atoms with Gasteiger partial charge in [0, 0.05) is 13.6 Å². The Morgan fingerprint density at radius 2 is 2.33 bits per heavy atom. The van der Waals surface area contributed by atoms with E-state index in [1.165, 1.54) is 31.9 Å². The van der Waals surface area contributed by atoms with Gasteiger partial charge in [0.1, 0.15) is 4.88 Å². The second-order valence-electron chi connectivity index (χ2n) is 4.12. The summed E-state index contributed by atoms with van der Waals surface area (Å²) in [7, 11) is 1.86. The molecule has 5 heteroatoms. The molecule has 0 bridgehead atoms. The summed E-state index contributed by atoms with van der Waals surface area (Å²) in [6.07, 6.45) is 6.69. The van der Waals surface area contributed by atoms with Crippen molar-refractivity contribution >= 4 is 17.4 Å². The first-order valence-electron chi connectivity index (χ1n) is 5.30. The zero-order valence-corrected chi connectivity index (χ0v) is 9.66. The van der Waals surface area contributed by atoms with Gasteiger partial charge in [0.2, 0.25) is 0 Å². The average Bonchev–Trinajstić information content (AvgIpc) is 2.88. The highest BCUT2D eigenvalue weighted by Gasteiger charge is 2.21. The standard InChI is InChI=1S/C10H15N3OS/c1-13(7-8-4-2-3-5-8)10(14)9-6-11-12-15-9/h6,8H,2-5,7H2,1H3. The summed E-state index contributed by atoms with van der Waals surface area (Å²) in [5.41, 5.74) is 0. The SMILES string of the molecule is CN(CC1CCCC1)C(=O)c1cnns1. The van der Waals surface area contributed by atoms with Gasteiger partial charge in [-0.3, -0.25) is 4.79 Å². The third kappa shape index (κ3) is 2.53. The largest absolute Gasteiger partial charge is 0.341 e. The van der Waals surface area contributed by atoms with Gasteiger partial charge in [-0.2, -0.15) is 0 Å². The number of hydrogen-bond acceptors (Lipinski definition) is 4. The first-order valence-corrected chi connectivity index (χ1v) is 6.07. The fourth-order valence-electron chi connectivity index (χ4n) is 2.11. The molecule has 0 aliphatic heterocycles. The van der Waals surface area contributed by atoms with Gasteiger partial charge in [0.15, 0.2) is 0 Å². The Morgan fingerprint density at radius 3 is 2.93 bits per heavy atom. The predicted molar refractivity (Wildman–Crippen MR) is 58.8 cm³/mol. The second-order valence-corrected chi connectivity index (χ2v) is 4.90. The van der Waals surface area contributed by atoms with E-state index in [0.717, 1.165) is 18.1 Å². The Kier molecular flexibility index (Phi) is 3.30. The topological polar surface area (TPSA) is 46.1 Å². The minimum atomic E-state index is 0.0527. The first-order chi connectivity index (χ1) is 7.27. The molecule has 1 aliphatic carbocycles. The van der Waals surface area contributed by atoms with Gasteiger partial charge in [-0.25, -0.2) is 0 Å². The van der Waals surface area contributed by atoms with Crippen molar-refractivity contribution in [3.05, 3.63) is 11.1 Å². The summed E-state index contributed by atoms with van der Waals surface area (Å²) in [6.45, 7) is 0.872. The number of rotatable bonds is 3. The minimum Gasteiger partial charge on any atom is -0.341 e. The molecule has 0 atom stereocenters.